The van der Waals surface area contributed by atoms with Crippen LogP contribution in [0, 0.1) is 5.92 Å². The maximum atomic E-state index is 12.8. The van der Waals surface area contributed by atoms with E-state index in [9.17, 15) is 14.4 Å². The Hall–Kier alpha value is -2.87. The minimum Gasteiger partial charge on any atom is -0.348 e. The summed E-state index contributed by atoms with van der Waals surface area (Å²) in [5.74, 6) is -1.01. The number of hydrogen-bond donors (Lipinski definition) is 2. The Balaban J connectivity index is 1.40. The summed E-state index contributed by atoms with van der Waals surface area (Å²) in [6, 6.07) is 13.0. The van der Waals surface area contributed by atoms with Crippen molar-refractivity contribution >= 4 is 29.5 Å². The van der Waals surface area contributed by atoms with Gasteiger partial charge in [-0.1, -0.05) is 30.3 Å². The lowest BCUT2D eigenvalue weighted by Gasteiger charge is -2.32. The Labute approximate surface area is 180 Å². The number of nitrogens with one attached hydrogen (secondary N) is 2. The summed E-state index contributed by atoms with van der Waals surface area (Å²) < 4.78 is 0. The standard InChI is InChI=1S/C22H26N4O3S/c1-30-21-18(8-5-11-23-21)22(29)26-12-9-17(10-13-26)15-25-20(28)19(27)24-14-16-6-3-2-4-7-16/h2-8,11,17H,9-10,12-15H2,1H3,(H,24,27)(H,25,28). The Morgan fingerprint density at radius 3 is 2.43 bits per heavy atom. The van der Waals surface area contributed by atoms with Gasteiger partial charge < -0.3 is 15.5 Å². The van der Waals surface area contributed by atoms with E-state index in [2.05, 4.69) is 15.6 Å². The molecule has 0 atom stereocenters. The summed E-state index contributed by atoms with van der Waals surface area (Å²) in [5.41, 5.74) is 1.57. The third kappa shape index (κ3) is 5.82. The van der Waals surface area contributed by atoms with E-state index in [0.717, 1.165) is 23.4 Å². The third-order valence-corrected chi connectivity index (χ3v) is 5.86. The van der Waals surface area contributed by atoms with E-state index in [1.165, 1.54) is 11.8 Å². The fourth-order valence-corrected chi connectivity index (χ4v) is 3.94. The molecule has 0 aliphatic carbocycles. The number of nitrogens with zero attached hydrogens (tertiary/aromatic N) is 2. The van der Waals surface area contributed by atoms with Crippen LogP contribution in [0.3, 0.4) is 0 Å². The molecule has 0 unspecified atom stereocenters. The minimum atomic E-state index is -0.632. The zero-order chi connectivity index (χ0) is 21.3. The molecule has 8 heteroatoms. The number of aromatic nitrogens is 1. The topological polar surface area (TPSA) is 91.4 Å². The summed E-state index contributed by atoms with van der Waals surface area (Å²) in [6.45, 7) is 2.01. The molecule has 3 rings (SSSR count). The lowest BCUT2D eigenvalue weighted by Crippen LogP contribution is -2.44. The van der Waals surface area contributed by atoms with Crippen molar-refractivity contribution in [2.75, 3.05) is 25.9 Å². The van der Waals surface area contributed by atoms with Gasteiger partial charge in [0.1, 0.15) is 5.03 Å². The Morgan fingerprint density at radius 1 is 1.03 bits per heavy atom. The van der Waals surface area contributed by atoms with Gasteiger partial charge in [0.25, 0.3) is 5.91 Å². The van der Waals surface area contributed by atoms with E-state index in [1.54, 1.807) is 12.3 Å². The molecule has 3 amide bonds. The maximum Gasteiger partial charge on any atom is 0.309 e. The number of amides is 3. The number of carbonyl (C=O) groups is 3. The highest BCUT2D eigenvalue weighted by atomic mass is 32.2. The first kappa shape index (κ1) is 21.8. The molecule has 1 aromatic heterocycles. The summed E-state index contributed by atoms with van der Waals surface area (Å²) >= 11 is 1.46. The molecule has 0 radical (unpaired) electrons. The van der Waals surface area contributed by atoms with E-state index in [4.69, 9.17) is 0 Å². The minimum absolute atomic E-state index is 0.00442. The number of hydrogen-bond acceptors (Lipinski definition) is 5. The Bertz CT molecular complexity index is 883. The SMILES string of the molecule is CSc1ncccc1C(=O)N1CCC(CNC(=O)C(=O)NCc2ccccc2)CC1. The van der Waals surface area contributed by atoms with Crippen molar-refractivity contribution in [1.29, 1.82) is 0 Å². The van der Waals surface area contributed by atoms with Gasteiger partial charge in [-0.05, 0) is 42.7 Å². The van der Waals surface area contributed by atoms with Gasteiger partial charge in [-0.3, -0.25) is 14.4 Å². The molecule has 1 fully saturated rings. The van der Waals surface area contributed by atoms with Crippen molar-refractivity contribution in [3.05, 3.63) is 59.8 Å². The molecule has 0 spiro atoms. The van der Waals surface area contributed by atoms with Gasteiger partial charge in [0.2, 0.25) is 0 Å². The molecule has 158 valence electrons. The van der Waals surface area contributed by atoms with Gasteiger partial charge in [-0.2, -0.15) is 0 Å². The van der Waals surface area contributed by atoms with Crippen LogP contribution in [0.25, 0.3) is 0 Å². The van der Waals surface area contributed by atoms with Crippen LogP contribution in [0.2, 0.25) is 0 Å². The predicted octanol–water partition coefficient (Wildman–Crippen LogP) is 2.09. The van der Waals surface area contributed by atoms with Crippen molar-refractivity contribution in [3.8, 4) is 0 Å². The van der Waals surface area contributed by atoms with E-state index < -0.39 is 11.8 Å². The largest absolute Gasteiger partial charge is 0.348 e. The van der Waals surface area contributed by atoms with Crippen molar-refractivity contribution in [1.82, 2.24) is 20.5 Å². The Kier molecular flexibility index (Phi) is 7.84. The zero-order valence-corrected chi connectivity index (χ0v) is 17.8. The highest BCUT2D eigenvalue weighted by Gasteiger charge is 2.26. The number of benzene rings is 1. The number of carbonyl (C=O) groups excluding carboxylic acids is 3. The molecular weight excluding hydrogens is 400 g/mol. The third-order valence-electron chi connectivity index (χ3n) is 5.15. The van der Waals surface area contributed by atoms with Gasteiger partial charge in [-0.15, -0.1) is 11.8 Å². The van der Waals surface area contributed by atoms with Gasteiger partial charge in [-0.25, -0.2) is 4.98 Å². The molecule has 2 heterocycles. The van der Waals surface area contributed by atoms with Crippen LogP contribution < -0.4 is 10.6 Å². The first-order chi connectivity index (χ1) is 14.6. The summed E-state index contributed by atoms with van der Waals surface area (Å²) in [5, 5.41) is 6.07. The normalized spacial score (nSPS) is 14.2. The zero-order valence-electron chi connectivity index (χ0n) is 17.0. The second-order valence-electron chi connectivity index (χ2n) is 7.17. The van der Waals surface area contributed by atoms with Crippen LogP contribution in [-0.4, -0.2) is 53.5 Å². The van der Waals surface area contributed by atoms with Crippen LogP contribution >= 0.6 is 11.8 Å². The quantitative estimate of drug-likeness (QED) is 0.545. The lowest BCUT2D eigenvalue weighted by molar-refractivity contribution is -0.139. The number of pyridine rings is 1. The molecule has 0 bridgehead atoms. The number of piperidine rings is 1. The summed E-state index contributed by atoms with van der Waals surface area (Å²) in [4.78, 5) is 42.9. The molecule has 30 heavy (non-hydrogen) atoms. The van der Waals surface area contributed by atoms with Crippen molar-refractivity contribution in [2.45, 2.75) is 24.4 Å². The van der Waals surface area contributed by atoms with E-state index in [-0.39, 0.29) is 11.8 Å². The van der Waals surface area contributed by atoms with Crippen LogP contribution in [0.4, 0.5) is 0 Å². The number of likely N-dealkylation sites (tertiary alicyclic amines) is 1. The fraction of sp³-hybridized carbons (Fsp3) is 0.364. The molecule has 1 saturated heterocycles. The predicted molar refractivity (Wildman–Crippen MR) is 116 cm³/mol. The van der Waals surface area contributed by atoms with E-state index in [1.807, 2.05) is 47.6 Å². The van der Waals surface area contributed by atoms with Gasteiger partial charge in [0, 0.05) is 32.4 Å². The molecule has 1 aromatic carbocycles. The number of rotatable bonds is 6. The summed E-state index contributed by atoms with van der Waals surface area (Å²) in [6.07, 6.45) is 5.16. The molecule has 1 aliphatic rings. The van der Waals surface area contributed by atoms with Crippen LogP contribution in [-0.2, 0) is 16.1 Å². The second-order valence-corrected chi connectivity index (χ2v) is 7.97. The highest BCUT2D eigenvalue weighted by Crippen LogP contribution is 2.22. The summed E-state index contributed by atoms with van der Waals surface area (Å²) in [7, 11) is 0. The lowest BCUT2D eigenvalue weighted by atomic mass is 9.96. The maximum absolute atomic E-state index is 12.8. The average Bonchev–Trinajstić information content (AvgIpc) is 2.81. The van der Waals surface area contributed by atoms with Gasteiger partial charge >= 0.3 is 11.8 Å². The van der Waals surface area contributed by atoms with Crippen LogP contribution in [0.5, 0.6) is 0 Å². The van der Waals surface area contributed by atoms with Gasteiger partial charge in [0.15, 0.2) is 0 Å². The van der Waals surface area contributed by atoms with E-state index in [0.29, 0.717) is 31.7 Å². The second kappa shape index (κ2) is 10.8. The molecule has 0 saturated carbocycles. The van der Waals surface area contributed by atoms with Crippen molar-refractivity contribution in [2.24, 2.45) is 5.92 Å². The Morgan fingerprint density at radius 2 is 1.73 bits per heavy atom. The molecular formula is C22H26N4O3S. The van der Waals surface area contributed by atoms with Crippen molar-refractivity contribution < 1.29 is 14.4 Å². The molecule has 2 aromatic rings. The first-order valence-electron chi connectivity index (χ1n) is 9.96. The van der Waals surface area contributed by atoms with E-state index >= 15 is 0 Å². The van der Waals surface area contributed by atoms with Crippen LogP contribution in [0.1, 0.15) is 28.8 Å². The first-order valence-corrected chi connectivity index (χ1v) is 11.2. The molecule has 1 aliphatic heterocycles. The fourth-order valence-electron chi connectivity index (χ4n) is 3.40. The van der Waals surface area contributed by atoms with Crippen molar-refractivity contribution in [3.63, 3.8) is 0 Å². The van der Waals surface area contributed by atoms with Gasteiger partial charge in [0.05, 0.1) is 5.56 Å². The monoisotopic (exact) mass is 426 g/mol. The highest BCUT2D eigenvalue weighted by molar-refractivity contribution is 7.98. The molecule has 7 nitrogen and oxygen atoms in total. The smallest absolute Gasteiger partial charge is 0.309 e. The molecule has 2 N–H and O–H groups in total. The van der Waals surface area contributed by atoms with Crippen LogP contribution in [0.15, 0.2) is 53.7 Å². The number of thioether (sulfide) groups is 1. The average molecular weight is 427 g/mol.